The summed E-state index contributed by atoms with van der Waals surface area (Å²) in [5.41, 5.74) is 0. The molecule has 0 spiro atoms. The molecule has 0 amide bonds. The minimum atomic E-state index is -0.568. The summed E-state index contributed by atoms with van der Waals surface area (Å²) >= 11 is 10.9. The van der Waals surface area contributed by atoms with E-state index >= 15 is 0 Å². The number of methoxy groups -OCH3 is 1. The molecule has 2 heterocycles. The fraction of sp³-hybridized carbons (Fsp3) is 0.0909. The van der Waals surface area contributed by atoms with Crippen molar-refractivity contribution in [2.24, 2.45) is 0 Å². The van der Waals surface area contributed by atoms with Gasteiger partial charge in [-0.3, -0.25) is 0 Å². The van der Waals surface area contributed by atoms with E-state index in [4.69, 9.17) is 28.5 Å². The van der Waals surface area contributed by atoms with Crippen molar-refractivity contribution in [2.45, 2.75) is 0 Å². The summed E-state index contributed by atoms with van der Waals surface area (Å²) in [5, 5.41) is 9.04. The number of rotatable bonds is 1. The Balaban J connectivity index is 0.000000204. The zero-order valence-corrected chi connectivity index (χ0v) is 11.6. The van der Waals surface area contributed by atoms with Gasteiger partial charge in [-0.2, -0.15) is 5.26 Å². The van der Waals surface area contributed by atoms with E-state index in [2.05, 4.69) is 24.7 Å². The molecular formula is C11H7Cl2N5O2. The third kappa shape index (κ3) is 5.14. The zero-order chi connectivity index (χ0) is 15.0. The summed E-state index contributed by atoms with van der Waals surface area (Å²) in [6.07, 6.45) is 5.43. The van der Waals surface area contributed by atoms with Crippen LogP contribution in [0.25, 0.3) is 0 Å². The van der Waals surface area contributed by atoms with Gasteiger partial charge in [0, 0.05) is 12.4 Å². The van der Waals surface area contributed by atoms with Crippen LogP contribution in [0.4, 0.5) is 0 Å². The number of aromatic nitrogens is 4. The van der Waals surface area contributed by atoms with Gasteiger partial charge in [-0.05, 0) is 0 Å². The third-order valence-corrected chi connectivity index (χ3v) is 2.10. The van der Waals surface area contributed by atoms with E-state index in [0.29, 0.717) is 10.0 Å². The summed E-state index contributed by atoms with van der Waals surface area (Å²) in [5.74, 6) is -0.419. The molecule has 0 aliphatic carbocycles. The van der Waals surface area contributed by atoms with Crippen molar-refractivity contribution in [3.05, 3.63) is 46.5 Å². The Bertz CT molecular complexity index is 610. The summed E-state index contributed by atoms with van der Waals surface area (Å²) < 4.78 is 4.37. The molecule has 0 atom stereocenters. The molecule has 2 aromatic rings. The van der Waals surface area contributed by atoms with Crippen LogP contribution in [-0.4, -0.2) is 33.0 Å². The van der Waals surface area contributed by atoms with Gasteiger partial charge in [0.05, 0.1) is 29.5 Å². The first-order valence-electron chi connectivity index (χ1n) is 5.00. The van der Waals surface area contributed by atoms with Crippen LogP contribution in [-0.2, 0) is 4.74 Å². The molecule has 0 N–H and O–H groups in total. The Kier molecular flexibility index (Phi) is 6.29. The van der Waals surface area contributed by atoms with Crippen LogP contribution >= 0.6 is 23.2 Å². The predicted molar refractivity (Wildman–Crippen MR) is 70.1 cm³/mol. The molecule has 0 unspecified atom stereocenters. The van der Waals surface area contributed by atoms with E-state index in [1.54, 1.807) is 6.07 Å². The normalized spacial score (nSPS) is 8.90. The Morgan fingerprint density at radius 3 is 1.95 bits per heavy atom. The molecule has 7 nitrogen and oxygen atoms in total. The number of nitrogens with zero attached hydrogens (tertiary/aromatic N) is 5. The average molecular weight is 312 g/mol. The van der Waals surface area contributed by atoms with Crippen molar-refractivity contribution in [1.29, 1.82) is 5.26 Å². The van der Waals surface area contributed by atoms with Gasteiger partial charge < -0.3 is 4.74 Å². The molecule has 2 aromatic heterocycles. The van der Waals surface area contributed by atoms with Crippen molar-refractivity contribution >= 4 is 29.2 Å². The maximum atomic E-state index is 10.7. The van der Waals surface area contributed by atoms with Crippen LogP contribution in [0.1, 0.15) is 16.4 Å². The fourth-order valence-corrected chi connectivity index (χ4v) is 1.07. The Morgan fingerprint density at radius 1 is 1.10 bits per heavy atom. The van der Waals surface area contributed by atoms with Crippen molar-refractivity contribution in [3.8, 4) is 6.07 Å². The lowest BCUT2D eigenvalue weighted by atomic mass is 10.5. The summed E-state index contributed by atoms with van der Waals surface area (Å²) in [6, 6.07) is 1.77. The second-order valence-corrected chi connectivity index (χ2v) is 3.93. The summed E-state index contributed by atoms with van der Waals surface area (Å²) in [7, 11) is 1.26. The van der Waals surface area contributed by atoms with Crippen molar-refractivity contribution in [1.82, 2.24) is 19.9 Å². The van der Waals surface area contributed by atoms with E-state index in [1.165, 1.54) is 31.9 Å². The molecule has 2 rings (SSSR count). The minimum absolute atomic E-state index is 0.0110. The van der Waals surface area contributed by atoms with E-state index < -0.39 is 5.97 Å². The lowest BCUT2D eigenvalue weighted by Gasteiger charge is -1.94. The first-order chi connectivity index (χ1) is 9.56. The molecule has 0 bridgehead atoms. The SMILES string of the molecule is COC(=O)c1ncc(Cl)cn1.N#Cc1ncc(Cl)cn1. The van der Waals surface area contributed by atoms with Crippen molar-refractivity contribution in [2.75, 3.05) is 7.11 Å². The van der Waals surface area contributed by atoms with Crippen LogP contribution in [0.3, 0.4) is 0 Å². The van der Waals surface area contributed by atoms with Crippen LogP contribution in [0.5, 0.6) is 0 Å². The van der Waals surface area contributed by atoms with Crippen LogP contribution in [0.2, 0.25) is 10.0 Å². The number of carbonyl (C=O) groups is 1. The lowest BCUT2D eigenvalue weighted by Crippen LogP contribution is -2.06. The van der Waals surface area contributed by atoms with Crippen molar-refractivity contribution in [3.63, 3.8) is 0 Å². The van der Waals surface area contributed by atoms with Gasteiger partial charge in [0.2, 0.25) is 11.6 Å². The fourth-order valence-electron chi connectivity index (χ4n) is 0.879. The molecule has 0 saturated heterocycles. The zero-order valence-electron chi connectivity index (χ0n) is 10.1. The van der Waals surface area contributed by atoms with Crippen LogP contribution in [0, 0.1) is 11.3 Å². The molecule has 0 saturated carbocycles. The summed E-state index contributed by atoms with van der Waals surface area (Å²) in [6.45, 7) is 0. The second-order valence-electron chi connectivity index (χ2n) is 3.05. The molecule has 0 aliphatic rings. The highest BCUT2D eigenvalue weighted by Crippen LogP contribution is 2.03. The van der Waals surface area contributed by atoms with Gasteiger partial charge in [-0.25, -0.2) is 24.7 Å². The first-order valence-corrected chi connectivity index (χ1v) is 5.76. The average Bonchev–Trinajstić information content (AvgIpc) is 2.49. The van der Waals surface area contributed by atoms with E-state index in [-0.39, 0.29) is 11.6 Å². The number of nitriles is 1. The number of hydrogen-bond donors (Lipinski definition) is 0. The van der Waals surface area contributed by atoms with Gasteiger partial charge in [0.25, 0.3) is 0 Å². The lowest BCUT2D eigenvalue weighted by molar-refractivity contribution is 0.0586. The molecule has 0 radical (unpaired) electrons. The van der Waals surface area contributed by atoms with Gasteiger partial charge >= 0.3 is 5.97 Å². The van der Waals surface area contributed by atoms with E-state index in [0.717, 1.165) is 0 Å². The molecule has 102 valence electrons. The van der Waals surface area contributed by atoms with Gasteiger partial charge in [0.15, 0.2) is 0 Å². The maximum Gasteiger partial charge on any atom is 0.376 e. The summed E-state index contributed by atoms with van der Waals surface area (Å²) in [4.78, 5) is 25.2. The number of carbonyl (C=O) groups excluding carboxylic acids is 1. The predicted octanol–water partition coefficient (Wildman–Crippen LogP) is 1.92. The van der Waals surface area contributed by atoms with E-state index in [9.17, 15) is 4.79 Å². The number of halogens is 2. The Hall–Kier alpha value is -2.30. The number of hydrogen-bond acceptors (Lipinski definition) is 7. The Morgan fingerprint density at radius 2 is 1.55 bits per heavy atom. The highest BCUT2D eigenvalue weighted by atomic mass is 35.5. The van der Waals surface area contributed by atoms with Gasteiger partial charge in [-0.15, -0.1) is 0 Å². The topological polar surface area (TPSA) is 102 Å². The minimum Gasteiger partial charge on any atom is -0.463 e. The third-order valence-electron chi connectivity index (χ3n) is 1.71. The highest BCUT2D eigenvalue weighted by molar-refractivity contribution is 6.30. The Labute approximate surface area is 124 Å². The number of esters is 1. The van der Waals surface area contributed by atoms with Crippen molar-refractivity contribution < 1.29 is 9.53 Å². The number of ether oxygens (including phenoxy) is 1. The van der Waals surface area contributed by atoms with Gasteiger partial charge in [-0.1, -0.05) is 23.2 Å². The molecule has 9 heteroatoms. The highest BCUT2D eigenvalue weighted by Gasteiger charge is 2.06. The monoisotopic (exact) mass is 311 g/mol. The largest absolute Gasteiger partial charge is 0.463 e. The van der Waals surface area contributed by atoms with E-state index in [1.807, 2.05) is 0 Å². The van der Waals surface area contributed by atoms with Crippen LogP contribution < -0.4 is 0 Å². The molecular weight excluding hydrogens is 305 g/mol. The second kappa shape index (κ2) is 7.99. The first kappa shape index (κ1) is 15.8. The molecule has 0 aliphatic heterocycles. The van der Waals surface area contributed by atoms with Gasteiger partial charge in [0.1, 0.15) is 6.07 Å². The molecule has 20 heavy (non-hydrogen) atoms. The van der Waals surface area contributed by atoms with Crippen LogP contribution in [0.15, 0.2) is 24.8 Å². The smallest absolute Gasteiger partial charge is 0.376 e. The molecule has 0 aromatic carbocycles. The maximum absolute atomic E-state index is 10.7. The molecule has 0 fully saturated rings. The quantitative estimate of drug-likeness (QED) is 0.741. The standard InChI is InChI=1S/C6H5ClN2O2.C5H2ClN3/c1-11-6(10)5-8-2-4(7)3-9-5;6-4-2-8-5(1-7)9-3-4/h2-3H,1H3;2-3H.